The number of hydrogen-bond acceptors (Lipinski definition) is 8. The number of carbonyl (C=O) groups excluding carboxylic acids is 1. The van der Waals surface area contributed by atoms with E-state index in [0.717, 1.165) is 80.3 Å². The Morgan fingerprint density at radius 2 is 1.79 bits per heavy atom. The molecule has 3 aromatic carbocycles. The lowest BCUT2D eigenvalue weighted by atomic mass is 9.90. The highest BCUT2D eigenvalue weighted by Gasteiger charge is 2.24. The lowest BCUT2D eigenvalue weighted by molar-refractivity contribution is 0.111. The summed E-state index contributed by atoms with van der Waals surface area (Å²) < 4.78 is 47.7. The molecule has 0 saturated carbocycles. The molecule has 0 radical (unpaired) electrons. The quantitative estimate of drug-likeness (QED) is 0.0899. The van der Waals surface area contributed by atoms with Gasteiger partial charge in [0.2, 0.25) is 0 Å². The minimum atomic E-state index is -0.651. The number of ether oxygens (including phenoxy) is 1. The van der Waals surface area contributed by atoms with Gasteiger partial charge in [0.05, 0.1) is 24.0 Å². The van der Waals surface area contributed by atoms with Crippen molar-refractivity contribution in [2.75, 3.05) is 64.9 Å². The molecule has 3 heterocycles. The fourth-order valence-electron chi connectivity index (χ4n) is 6.73. The van der Waals surface area contributed by atoms with E-state index in [9.17, 15) is 13.6 Å². The number of nitrogens with one attached hydrogen (secondary N) is 1. The van der Waals surface area contributed by atoms with E-state index in [2.05, 4.69) is 46.5 Å². The van der Waals surface area contributed by atoms with Crippen LogP contribution >= 0.6 is 0 Å². The number of aromatic nitrogens is 1. The van der Waals surface area contributed by atoms with Gasteiger partial charge in [0.15, 0.2) is 23.7 Å². The van der Waals surface area contributed by atoms with Crippen molar-refractivity contribution in [3.63, 3.8) is 0 Å². The Kier molecular flexibility index (Phi) is 12.7. The second kappa shape index (κ2) is 17.3. The number of H-pyrrole nitrogens is 1. The standard InChI is InChI=1S/C28H32FN5O.C12H16F2N2O/c1-3-20-7-4-5-9-23(20)25-16-24(27(29)28-26(25)15-22(18-35)32-28)21-8-6-12-33(17-21)19(2)10-13-34(31)14-11-30;1-15-3-5-16(6-4-15)11-8-9(13)7-10(14)12(11)17-2/h4-5,7-9,11,14-16,18,32H,2-3,6,10,12-13,17,30-31H2,1H3;7-8H,3-6H2,1-2H3/b14-11-;. The van der Waals surface area contributed by atoms with Crippen molar-refractivity contribution in [3.05, 3.63) is 114 Å². The number of piperazine rings is 1. The number of methoxy groups -OCH3 is 1. The molecule has 0 bridgehead atoms. The predicted octanol–water partition coefficient (Wildman–Crippen LogP) is 6.67. The summed E-state index contributed by atoms with van der Waals surface area (Å²) in [7, 11) is 3.43. The second-order valence-electron chi connectivity index (χ2n) is 13.0. The van der Waals surface area contributed by atoms with Crippen LogP contribution < -0.4 is 21.2 Å². The monoisotopic (exact) mass is 715 g/mol. The zero-order valence-electron chi connectivity index (χ0n) is 30.1. The average molecular weight is 716 g/mol. The summed E-state index contributed by atoms with van der Waals surface area (Å²) in [5, 5.41) is 2.23. The molecule has 0 unspecified atom stereocenters. The van der Waals surface area contributed by atoms with Gasteiger partial charge in [-0.15, -0.1) is 0 Å². The van der Waals surface area contributed by atoms with E-state index in [1.807, 2.05) is 30.1 Å². The zero-order chi connectivity index (χ0) is 37.4. The van der Waals surface area contributed by atoms with Crippen molar-refractivity contribution in [2.45, 2.75) is 26.2 Å². The van der Waals surface area contributed by atoms with Crippen molar-refractivity contribution in [2.24, 2.45) is 11.6 Å². The summed E-state index contributed by atoms with van der Waals surface area (Å²) in [6.45, 7) is 11.5. The largest absolute Gasteiger partial charge is 0.492 e. The van der Waals surface area contributed by atoms with Gasteiger partial charge in [-0.05, 0) is 54.3 Å². The van der Waals surface area contributed by atoms with Crippen LogP contribution in [0.2, 0.25) is 0 Å². The van der Waals surface area contributed by atoms with Gasteiger partial charge in [0.25, 0.3) is 0 Å². The van der Waals surface area contributed by atoms with Crippen molar-refractivity contribution < 1.29 is 22.7 Å². The van der Waals surface area contributed by atoms with Crippen molar-refractivity contribution in [1.29, 1.82) is 0 Å². The van der Waals surface area contributed by atoms with Crippen molar-refractivity contribution >= 4 is 28.4 Å². The van der Waals surface area contributed by atoms with E-state index >= 15 is 4.39 Å². The summed E-state index contributed by atoms with van der Waals surface area (Å²) in [4.78, 5) is 20.8. The van der Waals surface area contributed by atoms with E-state index in [4.69, 9.17) is 16.3 Å². The van der Waals surface area contributed by atoms with Crippen LogP contribution in [-0.2, 0) is 6.42 Å². The molecule has 0 spiro atoms. The molecule has 6 rings (SSSR count). The summed E-state index contributed by atoms with van der Waals surface area (Å²) in [6.07, 6.45) is 8.13. The minimum Gasteiger partial charge on any atom is -0.492 e. The molecule has 0 amide bonds. The molecule has 276 valence electrons. The third-order valence-electron chi connectivity index (χ3n) is 9.61. The van der Waals surface area contributed by atoms with Gasteiger partial charge in [-0.25, -0.2) is 19.0 Å². The van der Waals surface area contributed by atoms with E-state index in [-0.39, 0.29) is 11.6 Å². The molecule has 0 atom stereocenters. The van der Waals surface area contributed by atoms with Gasteiger partial charge < -0.3 is 35.2 Å². The number of hydrazine groups is 1. The Labute approximate surface area is 303 Å². The van der Waals surface area contributed by atoms with E-state index in [0.29, 0.717) is 47.4 Å². The minimum absolute atomic E-state index is 0.121. The molecule has 2 aliphatic rings. The number of hydrogen-bond donors (Lipinski definition) is 3. The SMILES string of the molecule is C=C(CCN(N)/C=C\N)N1CCC=C(c2cc(-c3ccccc3CC)c3cc(C=O)[nH]c3c2F)C1.COc1c(F)cc(F)cc1N1CCN(C)CC1. The van der Waals surface area contributed by atoms with Gasteiger partial charge in [0.1, 0.15) is 5.82 Å². The number of nitrogens with zero attached hydrogens (tertiary/aromatic N) is 4. The summed E-state index contributed by atoms with van der Waals surface area (Å²) >= 11 is 0. The first kappa shape index (κ1) is 38.0. The zero-order valence-corrected chi connectivity index (χ0v) is 30.1. The van der Waals surface area contributed by atoms with Crippen LogP contribution in [-0.4, -0.2) is 86.0 Å². The molecule has 9 nitrogen and oxygen atoms in total. The number of rotatable bonds is 11. The fourth-order valence-corrected chi connectivity index (χ4v) is 6.73. The molecule has 1 aromatic heterocycles. The molecule has 5 N–H and O–H groups in total. The number of aldehydes is 1. The number of fused-ring (bicyclic) bond motifs is 1. The number of carbonyl (C=O) groups is 1. The first-order valence-electron chi connectivity index (χ1n) is 17.4. The number of aromatic amines is 1. The van der Waals surface area contributed by atoms with Crippen LogP contribution in [0, 0.1) is 17.5 Å². The molecule has 52 heavy (non-hydrogen) atoms. The van der Waals surface area contributed by atoms with E-state index in [1.54, 1.807) is 12.3 Å². The smallest absolute Gasteiger partial charge is 0.178 e. The Hall–Kier alpha value is -5.20. The van der Waals surface area contributed by atoms with Crippen LogP contribution in [0.5, 0.6) is 5.75 Å². The lowest BCUT2D eigenvalue weighted by Gasteiger charge is -2.34. The van der Waals surface area contributed by atoms with E-state index < -0.39 is 11.6 Å². The fraction of sp³-hybridized carbons (Fsp3) is 0.325. The molecule has 12 heteroatoms. The number of benzene rings is 3. The predicted molar refractivity (Wildman–Crippen MR) is 203 cm³/mol. The summed E-state index contributed by atoms with van der Waals surface area (Å²) in [6, 6.07) is 14.0. The molecule has 1 fully saturated rings. The van der Waals surface area contributed by atoms with Crippen LogP contribution in [0.3, 0.4) is 0 Å². The Bertz CT molecular complexity index is 1950. The molecule has 0 aliphatic carbocycles. The van der Waals surface area contributed by atoms with Crippen LogP contribution in [0.15, 0.2) is 79.3 Å². The number of aryl methyl sites for hydroxylation is 1. The highest BCUT2D eigenvalue weighted by atomic mass is 19.1. The summed E-state index contributed by atoms with van der Waals surface area (Å²) in [5.74, 6) is 4.44. The first-order valence-corrected chi connectivity index (χ1v) is 17.4. The third-order valence-corrected chi connectivity index (χ3v) is 9.61. The molecule has 4 aromatic rings. The summed E-state index contributed by atoms with van der Waals surface area (Å²) in [5.41, 5.74) is 12.1. The Balaban J connectivity index is 0.000000257. The van der Waals surface area contributed by atoms with Crippen LogP contribution in [0.25, 0.3) is 27.6 Å². The van der Waals surface area contributed by atoms with E-state index in [1.165, 1.54) is 29.9 Å². The second-order valence-corrected chi connectivity index (χ2v) is 13.0. The third kappa shape index (κ3) is 8.63. The molecular weight excluding hydrogens is 667 g/mol. The Morgan fingerprint density at radius 3 is 2.48 bits per heavy atom. The highest BCUT2D eigenvalue weighted by molar-refractivity contribution is 6.01. The average Bonchev–Trinajstić information content (AvgIpc) is 3.60. The molecule has 2 aliphatic heterocycles. The maximum Gasteiger partial charge on any atom is 0.178 e. The highest BCUT2D eigenvalue weighted by Crippen LogP contribution is 2.38. The van der Waals surface area contributed by atoms with Gasteiger partial charge >= 0.3 is 0 Å². The van der Waals surface area contributed by atoms with Gasteiger partial charge in [0, 0.05) is 93.4 Å². The number of anilines is 1. The number of likely N-dealkylation sites (N-methyl/N-ethyl adjacent to an activating group) is 1. The molecular formula is C40H48F3N7O2. The number of halogens is 3. The maximum absolute atomic E-state index is 15.9. The van der Waals surface area contributed by atoms with Crippen molar-refractivity contribution in [3.8, 4) is 16.9 Å². The van der Waals surface area contributed by atoms with Crippen LogP contribution in [0.1, 0.15) is 41.4 Å². The first-order chi connectivity index (χ1) is 25.1. The van der Waals surface area contributed by atoms with Crippen LogP contribution in [0.4, 0.5) is 18.9 Å². The van der Waals surface area contributed by atoms with Gasteiger partial charge in [-0.1, -0.05) is 43.8 Å². The normalized spacial score (nSPS) is 15.0. The molecule has 1 saturated heterocycles. The number of nitrogens with two attached hydrogens (primary N) is 2. The van der Waals surface area contributed by atoms with Crippen molar-refractivity contribution in [1.82, 2.24) is 19.8 Å². The van der Waals surface area contributed by atoms with Gasteiger partial charge in [-0.3, -0.25) is 4.79 Å². The topological polar surface area (TPSA) is 107 Å². The van der Waals surface area contributed by atoms with Gasteiger partial charge in [-0.2, -0.15) is 0 Å². The Morgan fingerprint density at radius 1 is 1.04 bits per heavy atom. The maximum atomic E-state index is 15.9. The lowest BCUT2D eigenvalue weighted by Crippen LogP contribution is -2.44.